The Hall–Kier alpha value is -1.24. The molecule has 34 heavy (non-hydrogen) atoms. The molecule has 0 saturated heterocycles. The second kappa shape index (κ2) is 28.0. The fourth-order valence-electron chi connectivity index (χ4n) is 3.61. The summed E-state index contributed by atoms with van der Waals surface area (Å²) in [6.07, 6.45) is 31.4. The lowest BCUT2D eigenvalue weighted by atomic mass is 10.1. The van der Waals surface area contributed by atoms with Gasteiger partial charge in [-0.05, 0) is 25.7 Å². The zero-order chi connectivity index (χ0) is 25.0. The summed E-state index contributed by atoms with van der Waals surface area (Å²) >= 11 is 0. The largest absolute Gasteiger partial charge is 0.345 e. The van der Waals surface area contributed by atoms with Crippen LogP contribution >= 0.6 is 21.6 Å². The number of carbonyl (C=O) groups excluding carboxylic acids is 2. The Morgan fingerprint density at radius 3 is 1.12 bits per heavy atom. The lowest BCUT2D eigenvalue weighted by Gasteiger charge is -2.04. The van der Waals surface area contributed by atoms with Crippen LogP contribution in [-0.2, 0) is 9.59 Å². The van der Waals surface area contributed by atoms with E-state index in [1.165, 1.54) is 88.6 Å². The maximum atomic E-state index is 11.4. The van der Waals surface area contributed by atoms with Gasteiger partial charge in [-0.3, -0.25) is 9.59 Å². The number of nitrogens with one attached hydrogen (secondary N) is 2. The first-order valence-electron chi connectivity index (χ1n) is 13.4. The second-order valence-corrected chi connectivity index (χ2v) is 11.5. The number of hydrogen-bond acceptors (Lipinski definition) is 4. The van der Waals surface area contributed by atoms with Crippen LogP contribution in [0.15, 0.2) is 0 Å². The van der Waals surface area contributed by atoms with Gasteiger partial charge in [0.2, 0.25) is 11.8 Å². The summed E-state index contributed by atoms with van der Waals surface area (Å²) in [4.78, 5) is 22.8. The van der Waals surface area contributed by atoms with Crippen molar-refractivity contribution in [1.29, 1.82) is 0 Å². The minimum absolute atomic E-state index is 0.0805. The minimum Gasteiger partial charge on any atom is -0.345 e. The van der Waals surface area contributed by atoms with E-state index in [-0.39, 0.29) is 11.8 Å². The van der Waals surface area contributed by atoms with Gasteiger partial charge in [-0.25, -0.2) is 0 Å². The highest BCUT2D eigenvalue weighted by Gasteiger charge is 2.00. The van der Waals surface area contributed by atoms with Crippen LogP contribution in [0.2, 0.25) is 0 Å². The molecule has 0 fully saturated rings. The molecule has 2 N–H and O–H groups in total. The molecule has 0 bridgehead atoms. The summed E-state index contributed by atoms with van der Waals surface area (Å²) in [5.41, 5.74) is 0. The van der Waals surface area contributed by atoms with E-state index >= 15 is 0 Å². The molecular formula is C28H48N2O2S2. The Balaban J connectivity index is 3.12. The van der Waals surface area contributed by atoms with E-state index in [1.807, 2.05) is 21.6 Å². The first kappa shape index (κ1) is 32.8. The second-order valence-electron chi connectivity index (χ2n) is 8.76. The summed E-state index contributed by atoms with van der Waals surface area (Å²) in [6, 6.07) is 0. The third kappa shape index (κ3) is 27.0. The molecule has 0 heterocycles. The van der Waals surface area contributed by atoms with Gasteiger partial charge in [-0.1, -0.05) is 110 Å². The van der Waals surface area contributed by atoms with Crippen molar-refractivity contribution in [3.63, 3.8) is 0 Å². The van der Waals surface area contributed by atoms with Crippen molar-refractivity contribution in [2.45, 2.75) is 116 Å². The van der Waals surface area contributed by atoms with Gasteiger partial charge in [0, 0.05) is 24.3 Å². The van der Waals surface area contributed by atoms with Gasteiger partial charge in [0.25, 0.3) is 0 Å². The molecule has 0 aliphatic heterocycles. The van der Waals surface area contributed by atoms with Gasteiger partial charge in [-0.15, -0.1) is 12.8 Å². The Morgan fingerprint density at radius 1 is 0.500 bits per heavy atom. The zero-order valence-corrected chi connectivity index (χ0v) is 23.0. The van der Waals surface area contributed by atoms with Crippen LogP contribution in [0.3, 0.4) is 0 Å². The SMILES string of the molecule is C#CCNC(=O)CCCCCCCCCCSSCCCCCCCCCCC(=O)NCC#C. The smallest absolute Gasteiger partial charge is 0.220 e. The van der Waals surface area contributed by atoms with Gasteiger partial charge >= 0.3 is 0 Å². The predicted molar refractivity (Wildman–Crippen MR) is 152 cm³/mol. The first-order valence-corrected chi connectivity index (χ1v) is 15.8. The van der Waals surface area contributed by atoms with Gasteiger partial charge in [0.15, 0.2) is 0 Å². The monoisotopic (exact) mass is 508 g/mol. The highest BCUT2D eigenvalue weighted by molar-refractivity contribution is 8.76. The van der Waals surface area contributed by atoms with Crippen molar-refractivity contribution in [1.82, 2.24) is 10.6 Å². The molecule has 0 atom stereocenters. The van der Waals surface area contributed by atoms with Crippen LogP contribution in [-0.4, -0.2) is 36.4 Å². The zero-order valence-electron chi connectivity index (χ0n) is 21.3. The van der Waals surface area contributed by atoms with Crippen molar-refractivity contribution in [2.24, 2.45) is 0 Å². The maximum absolute atomic E-state index is 11.4. The van der Waals surface area contributed by atoms with E-state index in [0.717, 1.165) is 25.7 Å². The van der Waals surface area contributed by atoms with Crippen LogP contribution in [0.25, 0.3) is 0 Å². The summed E-state index contributed by atoms with van der Waals surface area (Å²) in [5.74, 6) is 7.56. The molecule has 6 heteroatoms. The molecular weight excluding hydrogens is 460 g/mol. The van der Waals surface area contributed by atoms with Crippen molar-refractivity contribution in [2.75, 3.05) is 24.6 Å². The van der Waals surface area contributed by atoms with Crippen molar-refractivity contribution in [3.8, 4) is 24.7 Å². The highest BCUT2D eigenvalue weighted by Crippen LogP contribution is 2.25. The summed E-state index contributed by atoms with van der Waals surface area (Å²) in [6.45, 7) is 0.687. The van der Waals surface area contributed by atoms with Crippen LogP contribution in [0.5, 0.6) is 0 Å². The molecule has 0 saturated carbocycles. The minimum atomic E-state index is 0.0805. The third-order valence-corrected chi connectivity index (χ3v) is 8.20. The average Bonchev–Trinajstić information content (AvgIpc) is 2.84. The van der Waals surface area contributed by atoms with Gasteiger partial charge in [0.1, 0.15) is 0 Å². The fraction of sp³-hybridized carbons (Fsp3) is 0.786. The summed E-state index contributed by atoms with van der Waals surface area (Å²) in [5, 5.41) is 5.42. The fourth-order valence-corrected chi connectivity index (χ4v) is 5.90. The van der Waals surface area contributed by atoms with Crippen LogP contribution in [0.4, 0.5) is 0 Å². The van der Waals surface area contributed by atoms with E-state index in [2.05, 4.69) is 22.5 Å². The lowest BCUT2D eigenvalue weighted by Crippen LogP contribution is -2.22. The Bertz CT molecular complexity index is 520. The normalized spacial score (nSPS) is 10.4. The average molecular weight is 509 g/mol. The first-order chi connectivity index (χ1) is 16.7. The van der Waals surface area contributed by atoms with Crippen molar-refractivity contribution < 1.29 is 9.59 Å². The van der Waals surface area contributed by atoms with Crippen molar-refractivity contribution >= 4 is 33.4 Å². The topological polar surface area (TPSA) is 58.2 Å². The van der Waals surface area contributed by atoms with Crippen molar-refractivity contribution in [3.05, 3.63) is 0 Å². The van der Waals surface area contributed by atoms with E-state index in [9.17, 15) is 9.59 Å². The van der Waals surface area contributed by atoms with E-state index in [4.69, 9.17) is 12.8 Å². The number of hydrogen-bond donors (Lipinski definition) is 2. The number of carbonyl (C=O) groups is 2. The molecule has 0 unspecified atom stereocenters. The standard InChI is InChI=1S/C28H48N2O2S2/c1-3-23-29-27(31)21-17-13-9-5-7-11-15-19-25-33-34-26-20-16-12-8-6-10-14-18-22-28(32)30-24-4-2/h1-2H,5-26H2,(H,29,31)(H,30,32). The summed E-state index contributed by atoms with van der Waals surface area (Å²) in [7, 11) is 4.09. The quantitative estimate of drug-likeness (QED) is 0.0801. The molecule has 2 amide bonds. The number of unbranched alkanes of at least 4 members (excludes halogenated alkanes) is 14. The van der Waals surface area contributed by atoms with Crippen LogP contribution in [0, 0.1) is 24.7 Å². The van der Waals surface area contributed by atoms with Gasteiger partial charge in [0.05, 0.1) is 13.1 Å². The number of terminal acetylenes is 2. The van der Waals surface area contributed by atoms with Gasteiger partial charge in [-0.2, -0.15) is 0 Å². The molecule has 4 nitrogen and oxygen atoms in total. The van der Waals surface area contributed by atoms with Crippen LogP contribution < -0.4 is 10.6 Å². The molecule has 0 rings (SSSR count). The third-order valence-electron chi connectivity index (χ3n) is 5.62. The Labute approximate surface area is 218 Å². The molecule has 0 radical (unpaired) electrons. The number of rotatable bonds is 25. The Kier molecular flexibility index (Phi) is 27.0. The molecule has 0 spiro atoms. The predicted octanol–water partition coefficient (Wildman–Crippen LogP) is 6.89. The molecule has 0 aliphatic rings. The molecule has 0 aromatic carbocycles. The number of amides is 2. The maximum Gasteiger partial charge on any atom is 0.220 e. The van der Waals surface area contributed by atoms with E-state index in [1.54, 1.807) is 0 Å². The highest BCUT2D eigenvalue weighted by atomic mass is 33.1. The molecule has 0 aromatic rings. The lowest BCUT2D eigenvalue weighted by molar-refractivity contribution is -0.121. The molecule has 194 valence electrons. The molecule has 0 aromatic heterocycles. The van der Waals surface area contributed by atoms with E-state index < -0.39 is 0 Å². The van der Waals surface area contributed by atoms with E-state index in [0.29, 0.717) is 25.9 Å². The van der Waals surface area contributed by atoms with Crippen LogP contribution in [0.1, 0.15) is 116 Å². The van der Waals surface area contributed by atoms with Gasteiger partial charge < -0.3 is 10.6 Å². The molecule has 0 aliphatic carbocycles. The summed E-state index contributed by atoms with van der Waals surface area (Å²) < 4.78 is 0. The Morgan fingerprint density at radius 2 is 0.794 bits per heavy atom.